The average molecular weight is 671 g/mol. The van der Waals surface area contributed by atoms with Crippen LogP contribution in [0.1, 0.15) is 11.1 Å². The van der Waals surface area contributed by atoms with Crippen molar-refractivity contribution in [3.63, 3.8) is 0 Å². The highest BCUT2D eigenvalue weighted by molar-refractivity contribution is 9.11. The molecule has 1 aliphatic heterocycles. The Kier molecular flexibility index (Phi) is 8.37. The molecule has 11 heteroatoms. The van der Waals surface area contributed by atoms with Crippen LogP contribution in [-0.4, -0.2) is 24.0 Å². The Hall–Kier alpha value is -2.43. The number of rotatable bonds is 6. The van der Waals surface area contributed by atoms with Crippen LogP contribution in [0.2, 0.25) is 10.0 Å². The summed E-state index contributed by atoms with van der Waals surface area (Å²) < 4.78 is 13.3. The van der Waals surface area contributed by atoms with E-state index in [4.69, 9.17) is 44.9 Å². The molecule has 2 amide bonds. The topological polar surface area (TPSA) is 67.9 Å². The van der Waals surface area contributed by atoms with E-state index in [0.29, 0.717) is 34.4 Å². The second-order valence-electron chi connectivity index (χ2n) is 7.49. The van der Waals surface area contributed by atoms with Gasteiger partial charge in [-0.15, -0.1) is 0 Å². The SMILES string of the molecule is COc1cc(/C=C2\C(=O)NC(=S)N(c3ccc(Cl)c(Cl)c3)C2=O)ccc1OCc1ccc(Br)cc1Br. The van der Waals surface area contributed by atoms with Crippen molar-refractivity contribution >= 4 is 96.0 Å². The molecule has 6 nitrogen and oxygen atoms in total. The van der Waals surface area contributed by atoms with E-state index in [1.807, 2.05) is 18.2 Å². The van der Waals surface area contributed by atoms with E-state index in [-0.39, 0.29) is 15.7 Å². The van der Waals surface area contributed by atoms with Gasteiger partial charge in [-0.2, -0.15) is 0 Å². The summed E-state index contributed by atoms with van der Waals surface area (Å²) in [5.74, 6) is -0.257. The van der Waals surface area contributed by atoms with E-state index < -0.39 is 11.8 Å². The summed E-state index contributed by atoms with van der Waals surface area (Å²) in [4.78, 5) is 27.1. The Labute approximate surface area is 239 Å². The van der Waals surface area contributed by atoms with Crippen molar-refractivity contribution in [3.8, 4) is 11.5 Å². The standard InChI is InChI=1S/C25H16Br2Cl2N2O4S/c1-34-22-9-13(2-7-21(22)35-12-14-3-4-15(26)10-18(14)27)8-17-23(32)30-25(36)31(24(17)33)16-5-6-19(28)20(29)11-16/h2-11H,12H2,1H3,(H,30,32,36)/b17-8+. The van der Waals surface area contributed by atoms with E-state index in [1.165, 1.54) is 24.2 Å². The maximum absolute atomic E-state index is 13.3. The molecule has 1 N–H and O–H groups in total. The molecular formula is C25H16Br2Cl2N2O4S. The number of hydrogen-bond acceptors (Lipinski definition) is 5. The van der Waals surface area contributed by atoms with Crippen molar-refractivity contribution in [2.24, 2.45) is 0 Å². The van der Waals surface area contributed by atoms with E-state index >= 15 is 0 Å². The van der Waals surface area contributed by atoms with Crippen LogP contribution in [0.15, 0.2) is 69.1 Å². The number of nitrogens with zero attached hydrogens (tertiary/aromatic N) is 1. The van der Waals surface area contributed by atoms with Gasteiger partial charge in [-0.1, -0.05) is 67.2 Å². The maximum atomic E-state index is 13.3. The third kappa shape index (κ3) is 5.76. The number of carbonyl (C=O) groups excluding carboxylic acids is 2. The van der Waals surface area contributed by atoms with Gasteiger partial charge in [0.25, 0.3) is 11.8 Å². The number of thiocarbonyl (C=S) groups is 1. The van der Waals surface area contributed by atoms with Crippen molar-refractivity contribution in [1.29, 1.82) is 0 Å². The maximum Gasteiger partial charge on any atom is 0.270 e. The second kappa shape index (κ2) is 11.3. The fourth-order valence-electron chi connectivity index (χ4n) is 3.37. The van der Waals surface area contributed by atoms with Gasteiger partial charge < -0.3 is 9.47 Å². The Bertz CT molecular complexity index is 1430. The number of anilines is 1. The summed E-state index contributed by atoms with van der Waals surface area (Å²) in [5, 5.41) is 3.07. The number of amides is 2. The van der Waals surface area contributed by atoms with Gasteiger partial charge in [-0.25, -0.2) is 0 Å². The zero-order valence-corrected chi connectivity index (χ0v) is 24.0. The third-order valence-electron chi connectivity index (χ3n) is 5.16. The van der Waals surface area contributed by atoms with E-state index in [1.54, 1.807) is 30.3 Å². The highest BCUT2D eigenvalue weighted by Gasteiger charge is 2.34. The largest absolute Gasteiger partial charge is 0.493 e. The fourth-order valence-corrected chi connectivity index (χ4v) is 5.11. The van der Waals surface area contributed by atoms with E-state index in [9.17, 15) is 9.59 Å². The number of halogens is 4. The van der Waals surface area contributed by atoms with E-state index in [2.05, 4.69) is 37.2 Å². The van der Waals surface area contributed by atoms with Crippen LogP contribution >= 0.6 is 67.3 Å². The first-order chi connectivity index (χ1) is 17.2. The number of hydrogen-bond donors (Lipinski definition) is 1. The van der Waals surface area contributed by atoms with Crippen LogP contribution in [0.5, 0.6) is 11.5 Å². The second-order valence-corrected chi connectivity index (χ2v) is 10.5. The van der Waals surface area contributed by atoms with Gasteiger partial charge in [-0.3, -0.25) is 19.8 Å². The van der Waals surface area contributed by atoms with Crippen LogP contribution in [0.4, 0.5) is 5.69 Å². The predicted molar refractivity (Wildman–Crippen MR) is 152 cm³/mol. The first kappa shape index (κ1) is 26.6. The smallest absolute Gasteiger partial charge is 0.270 e. The van der Waals surface area contributed by atoms with Gasteiger partial charge in [-0.05, 0) is 66.3 Å². The Morgan fingerprint density at radius 1 is 1.00 bits per heavy atom. The zero-order valence-electron chi connectivity index (χ0n) is 18.5. The average Bonchev–Trinajstić information content (AvgIpc) is 2.83. The number of carbonyl (C=O) groups is 2. The molecule has 0 saturated carbocycles. The van der Waals surface area contributed by atoms with Crippen molar-refractivity contribution in [1.82, 2.24) is 5.32 Å². The van der Waals surface area contributed by atoms with E-state index in [0.717, 1.165) is 14.5 Å². The molecule has 0 spiro atoms. The van der Waals surface area contributed by atoms with Gasteiger partial charge in [0.1, 0.15) is 12.2 Å². The molecule has 1 heterocycles. The lowest BCUT2D eigenvalue weighted by molar-refractivity contribution is -0.122. The minimum absolute atomic E-state index is 0.0547. The summed E-state index contributed by atoms with van der Waals surface area (Å²) in [7, 11) is 1.51. The summed E-state index contributed by atoms with van der Waals surface area (Å²) >= 11 is 24.3. The summed E-state index contributed by atoms with van der Waals surface area (Å²) in [6, 6.07) is 15.6. The molecule has 3 aromatic carbocycles. The van der Waals surface area contributed by atoms with Gasteiger partial charge in [0, 0.05) is 14.5 Å². The summed E-state index contributed by atoms with van der Waals surface area (Å²) in [6.07, 6.45) is 1.46. The molecule has 0 aromatic heterocycles. The molecule has 184 valence electrons. The van der Waals surface area contributed by atoms with Gasteiger partial charge in [0.05, 0.1) is 22.8 Å². The van der Waals surface area contributed by atoms with Gasteiger partial charge >= 0.3 is 0 Å². The lowest BCUT2D eigenvalue weighted by Gasteiger charge is -2.29. The van der Waals surface area contributed by atoms with Gasteiger partial charge in [0.15, 0.2) is 16.6 Å². The highest BCUT2D eigenvalue weighted by atomic mass is 79.9. The molecule has 0 aliphatic carbocycles. The minimum Gasteiger partial charge on any atom is -0.493 e. The van der Waals surface area contributed by atoms with Crippen LogP contribution < -0.4 is 19.7 Å². The van der Waals surface area contributed by atoms with Crippen LogP contribution in [-0.2, 0) is 16.2 Å². The van der Waals surface area contributed by atoms with Crippen molar-refractivity contribution in [2.45, 2.75) is 6.61 Å². The first-order valence-corrected chi connectivity index (χ1v) is 13.0. The van der Waals surface area contributed by atoms with Crippen LogP contribution in [0.3, 0.4) is 0 Å². The molecule has 36 heavy (non-hydrogen) atoms. The Morgan fingerprint density at radius 2 is 1.78 bits per heavy atom. The highest BCUT2D eigenvalue weighted by Crippen LogP contribution is 2.33. The minimum atomic E-state index is -0.610. The number of methoxy groups -OCH3 is 1. The lowest BCUT2D eigenvalue weighted by Crippen LogP contribution is -2.54. The first-order valence-electron chi connectivity index (χ1n) is 10.3. The number of ether oxygens (including phenoxy) is 2. The predicted octanol–water partition coefficient (Wildman–Crippen LogP) is 6.94. The molecule has 1 aliphatic rings. The summed E-state index contributed by atoms with van der Waals surface area (Å²) in [5.41, 5.74) is 1.79. The fraction of sp³-hybridized carbons (Fsp3) is 0.0800. The number of benzene rings is 3. The Morgan fingerprint density at radius 3 is 2.47 bits per heavy atom. The third-order valence-corrected chi connectivity index (χ3v) is 7.42. The monoisotopic (exact) mass is 668 g/mol. The van der Waals surface area contributed by atoms with Gasteiger partial charge in [0.2, 0.25) is 0 Å². The quantitative estimate of drug-likeness (QED) is 0.175. The molecule has 0 bridgehead atoms. The molecule has 1 fully saturated rings. The molecule has 4 rings (SSSR count). The van der Waals surface area contributed by atoms with Crippen LogP contribution in [0, 0.1) is 0 Å². The molecule has 1 saturated heterocycles. The Balaban J connectivity index is 1.60. The summed E-state index contributed by atoms with van der Waals surface area (Å²) in [6.45, 7) is 0.307. The molecular weight excluding hydrogens is 655 g/mol. The normalized spacial score (nSPS) is 14.8. The molecule has 3 aromatic rings. The zero-order chi connectivity index (χ0) is 26.0. The van der Waals surface area contributed by atoms with Crippen LogP contribution in [0.25, 0.3) is 6.08 Å². The van der Waals surface area contributed by atoms with Crippen molar-refractivity contribution in [3.05, 3.63) is 90.3 Å². The van der Waals surface area contributed by atoms with Crippen molar-refractivity contribution in [2.75, 3.05) is 12.0 Å². The number of nitrogens with one attached hydrogen (secondary N) is 1. The molecule has 0 radical (unpaired) electrons. The molecule has 0 unspecified atom stereocenters. The van der Waals surface area contributed by atoms with Crippen molar-refractivity contribution < 1.29 is 19.1 Å². The molecule has 0 atom stereocenters. The lowest BCUT2D eigenvalue weighted by atomic mass is 10.1.